The lowest BCUT2D eigenvalue weighted by molar-refractivity contribution is 0.0741. The van der Waals surface area contributed by atoms with E-state index in [1.54, 1.807) is 24.3 Å². The molecule has 0 unspecified atom stereocenters. The summed E-state index contributed by atoms with van der Waals surface area (Å²) in [6, 6.07) is 19.1. The fraction of sp³-hybridized carbons (Fsp3) is 0.300. The van der Waals surface area contributed by atoms with Crippen molar-refractivity contribution in [2.75, 3.05) is 19.8 Å². The lowest BCUT2D eigenvalue weighted by Gasteiger charge is -2.36. The summed E-state index contributed by atoms with van der Waals surface area (Å²) in [5, 5.41) is 12.0. The highest BCUT2D eigenvalue weighted by atomic mass is 32.2. The van der Waals surface area contributed by atoms with Crippen molar-refractivity contribution in [2.24, 2.45) is 0 Å². The minimum absolute atomic E-state index is 0.0674. The number of benzene rings is 2. The van der Waals surface area contributed by atoms with Gasteiger partial charge in [-0.3, -0.25) is 4.79 Å². The number of hydrogen-bond donors (Lipinski definition) is 1. The van der Waals surface area contributed by atoms with Crippen LogP contribution in [-0.2, 0) is 4.74 Å². The van der Waals surface area contributed by atoms with Crippen LogP contribution in [0.2, 0.25) is 0 Å². The first kappa shape index (κ1) is 17.5. The van der Waals surface area contributed by atoms with E-state index in [9.17, 15) is 4.79 Å². The van der Waals surface area contributed by atoms with Crippen molar-refractivity contribution >= 4 is 17.7 Å². The lowest BCUT2D eigenvalue weighted by Crippen LogP contribution is -2.44. The van der Waals surface area contributed by atoms with E-state index >= 15 is 0 Å². The van der Waals surface area contributed by atoms with Gasteiger partial charge < -0.3 is 10.1 Å². The maximum absolute atomic E-state index is 12.5. The van der Waals surface area contributed by atoms with Crippen molar-refractivity contribution in [1.29, 1.82) is 5.26 Å². The van der Waals surface area contributed by atoms with Gasteiger partial charge in [0.2, 0.25) is 0 Å². The molecule has 0 saturated carbocycles. The SMILES string of the molecule is N#Cc1cccc(C(=O)NCC2(Sc3ccccc3)CCOCC2)c1. The van der Waals surface area contributed by atoms with Crippen molar-refractivity contribution in [3.63, 3.8) is 0 Å². The Morgan fingerprint density at radius 2 is 1.92 bits per heavy atom. The van der Waals surface area contributed by atoms with Gasteiger partial charge in [0.1, 0.15) is 0 Å². The molecular weight excluding hydrogens is 332 g/mol. The fourth-order valence-corrected chi connectivity index (χ4v) is 4.18. The zero-order chi connectivity index (χ0) is 17.5. The normalized spacial score (nSPS) is 16.0. The summed E-state index contributed by atoms with van der Waals surface area (Å²) in [4.78, 5) is 13.7. The highest BCUT2D eigenvalue weighted by Gasteiger charge is 2.34. The molecule has 0 radical (unpaired) electrons. The van der Waals surface area contributed by atoms with E-state index in [4.69, 9.17) is 10.00 Å². The molecule has 1 amide bonds. The molecule has 3 rings (SSSR count). The maximum Gasteiger partial charge on any atom is 0.251 e. The highest BCUT2D eigenvalue weighted by Crippen LogP contribution is 2.40. The van der Waals surface area contributed by atoms with Gasteiger partial charge in [-0.15, -0.1) is 11.8 Å². The average Bonchev–Trinajstić information content (AvgIpc) is 2.68. The van der Waals surface area contributed by atoms with Crippen LogP contribution in [0, 0.1) is 11.3 Å². The molecule has 0 aliphatic carbocycles. The van der Waals surface area contributed by atoms with Gasteiger partial charge in [0.05, 0.1) is 11.6 Å². The minimum Gasteiger partial charge on any atom is -0.381 e. The molecule has 128 valence electrons. The van der Waals surface area contributed by atoms with Gasteiger partial charge in [0.25, 0.3) is 5.91 Å². The van der Waals surface area contributed by atoms with E-state index in [0.717, 1.165) is 12.8 Å². The zero-order valence-corrected chi connectivity index (χ0v) is 14.7. The number of nitriles is 1. The summed E-state index contributed by atoms with van der Waals surface area (Å²) in [6.45, 7) is 1.99. The fourth-order valence-electron chi connectivity index (χ4n) is 2.87. The molecule has 25 heavy (non-hydrogen) atoms. The first-order valence-corrected chi connectivity index (χ1v) is 9.13. The third-order valence-corrected chi connectivity index (χ3v) is 5.80. The average molecular weight is 352 g/mol. The van der Waals surface area contributed by atoms with E-state index in [1.165, 1.54) is 4.90 Å². The Kier molecular flexibility index (Phi) is 5.75. The number of carbonyl (C=O) groups is 1. The number of hydrogen-bond acceptors (Lipinski definition) is 4. The predicted octanol–water partition coefficient (Wildman–Crippen LogP) is 3.63. The van der Waals surface area contributed by atoms with Crippen LogP contribution in [0.1, 0.15) is 28.8 Å². The number of thioether (sulfide) groups is 1. The van der Waals surface area contributed by atoms with Gasteiger partial charge in [-0.1, -0.05) is 24.3 Å². The standard InChI is InChI=1S/C20H20N2O2S/c21-14-16-5-4-6-17(13-16)19(23)22-15-20(9-11-24-12-10-20)25-18-7-2-1-3-8-18/h1-8,13H,9-12,15H2,(H,22,23). The third-order valence-electron chi connectivity index (χ3n) is 4.31. The summed E-state index contributed by atoms with van der Waals surface area (Å²) in [5.41, 5.74) is 1.01. The molecule has 0 atom stereocenters. The summed E-state index contributed by atoms with van der Waals surface area (Å²) >= 11 is 1.81. The van der Waals surface area contributed by atoms with Gasteiger partial charge in [-0.2, -0.15) is 5.26 Å². The second kappa shape index (κ2) is 8.19. The molecule has 1 aliphatic rings. The Morgan fingerprint density at radius 3 is 2.64 bits per heavy atom. The highest BCUT2D eigenvalue weighted by molar-refractivity contribution is 8.00. The predicted molar refractivity (Wildman–Crippen MR) is 98.6 cm³/mol. The van der Waals surface area contributed by atoms with Crippen molar-refractivity contribution in [2.45, 2.75) is 22.5 Å². The Morgan fingerprint density at radius 1 is 1.16 bits per heavy atom. The smallest absolute Gasteiger partial charge is 0.251 e. The zero-order valence-electron chi connectivity index (χ0n) is 13.9. The lowest BCUT2D eigenvalue weighted by atomic mass is 9.98. The molecule has 0 bridgehead atoms. The summed E-state index contributed by atoms with van der Waals surface area (Å²) in [7, 11) is 0. The number of carbonyl (C=O) groups excluding carboxylic acids is 1. The van der Waals surface area contributed by atoms with E-state index in [0.29, 0.717) is 30.9 Å². The van der Waals surface area contributed by atoms with Crippen molar-refractivity contribution < 1.29 is 9.53 Å². The largest absolute Gasteiger partial charge is 0.381 e. The van der Waals surface area contributed by atoms with Crippen LogP contribution in [0.4, 0.5) is 0 Å². The van der Waals surface area contributed by atoms with Crippen molar-refractivity contribution in [3.8, 4) is 6.07 Å². The number of nitrogens with zero attached hydrogens (tertiary/aromatic N) is 1. The molecular formula is C20H20N2O2S. The molecule has 1 heterocycles. The van der Waals surface area contributed by atoms with Crippen LogP contribution < -0.4 is 5.32 Å². The van der Waals surface area contributed by atoms with Crippen LogP contribution in [0.3, 0.4) is 0 Å². The maximum atomic E-state index is 12.5. The molecule has 1 saturated heterocycles. The third kappa shape index (κ3) is 4.62. The quantitative estimate of drug-likeness (QED) is 0.892. The van der Waals surface area contributed by atoms with E-state index in [-0.39, 0.29) is 10.7 Å². The molecule has 1 fully saturated rings. The van der Waals surface area contributed by atoms with Crippen molar-refractivity contribution in [1.82, 2.24) is 5.32 Å². The molecule has 2 aromatic carbocycles. The van der Waals surface area contributed by atoms with Gasteiger partial charge in [-0.25, -0.2) is 0 Å². The second-order valence-corrected chi connectivity index (χ2v) is 7.63. The van der Waals surface area contributed by atoms with E-state index < -0.39 is 0 Å². The molecule has 5 heteroatoms. The Balaban J connectivity index is 1.70. The van der Waals surface area contributed by atoms with Gasteiger partial charge >= 0.3 is 0 Å². The van der Waals surface area contributed by atoms with Crippen LogP contribution >= 0.6 is 11.8 Å². The minimum atomic E-state index is -0.142. The van der Waals surface area contributed by atoms with E-state index in [2.05, 4.69) is 23.5 Å². The van der Waals surface area contributed by atoms with Crippen LogP contribution in [0.25, 0.3) is 0 Å². The number of rotatable bonds is 5. The molecule has 2 aromatic rings. The monoisotopic (exact) mass is 352 g/mol. The Bertz CT molecular complexity index is 765. The van der Waals surface area contributed by atoms with Crippen LogP contribution in [0.5, 0.6) is 0 Å². The Hall–Kier alpha value is -2.29. The first-order valence-electron chi connectivity index (χ1n) is 8.31. The van der Waals surface area contributed by atoms with Gasteiger partial charge in [-0.05, 0) is 43.2 Å². The number of amides is 1. The van der Waals surface area contributed by atoms with Gasteiger partial charge in [0.15, 0.2) is 0 Å². The summed E-state index contributed by atoms with van der Waals surface area (Å²) in [5.74, 6) is -0.142. The van der Waals surface area contributed by atoms with E-state index in [1.807, 2.05) is 30.0 Å². The van der Waals surface area contributed by atoms with Crippen LogP contribution in [0.15, 0.2) is 59.5 Å². The van der Waals surface area contributed by atoms with Crippen molar-refractivity contribution in [3.05, 3.63) is 65.7 Å². The molecule has 0 spiro atoms. The Labute approximate surface area is 152 Å². The molecule has 1 aliphatic heterocycles. The molecule has 4 nitrogen and oxygen atoms in total. The van der Waals surface area contributed by atoms with Gasteiger partial charge in [0, 0.05) is 35.0 Å². The topological polar surface area (TPSA) is 62.1 Å². The second-order valence-electron chi connectivity index (χ2n) is 6.09. The number of ether oxygens (including phenoxy) is 1. The summed E-state index contributed by atoms with van der Waals surface area (Å²) in [6.07, 6.45) is 1.79. The molecule has 1 N–H and O–H groups in total. The first-order chi connectivity index (χ1) is 12.2. The van der Waals surface area contributed by atoms with Crippen LogP contribution in [-0.4, -0.2) is 30.4 Å². The number of nitrogens with one attached hydrogen (secondary N) is 1. The molecule has 0 aromatic heterocycles. The summed E-state index contributed by atoms with van der Waals surface area (Å²) < 4.78 is 5.45.